The standard InChI is InChI=1S/C8H12O4S2/c9-8(10)5-1-6-3-13-14(11,12)4-7(6)2-5/h5-7H,1-4H2,(H,9,10)/t5?,6-,7-/m0/s1. The first kappa shape index (κ1) is 10.3. The zero-order valence-electron chi connectivity index (χ0n) is 7.55. The fourth-order valence-electron chi connectivity index (χ4n) is 2.32. The number of carbonyl (C=O) groups is 1. The van der Waals surface area contributed by atoms with Crippen LogP contribution in [0.5, 0.6) is 0 Å². The van der Waals surface area contributed by atoms with Gasteiger partial charge in [0.15, 0.2) is 0 Å². The van der Waals surface area contributed by atoms with Crippen LogP contribution in [0.3, 0.4) is 0 Å². The molecule has 1 heterocycles. The molecule has 2 rings (SSSR count). The van der Waals surface area contributed by atoms with Crippen LogP contribution in [0.2, 0.25) is 0 Å². The second-order valence-electron chi connectivity index (χ2n) is 4.04. The molecule has 1 aliphatic heterocycles. The van der Waals surface area contributed by atoms with Gasteiger partial charge in [-0.25, -0.2) is 8.42 Å². The Morgan fingerprint density at radius 3 is 2.57 bits per heavy atom. The summed E-state index contributed by atoms with van der Waals surface area (Å²) in [6, 6.07) is 0. The van der Waals surface area contributed by atoms with Crippen molar-refractivity contribution in [2.75, 3.05) is 11.5 Å². The summed E-state index contributed by atoms with van der Waals surface area (Å²) < 4.78 is 22.6. The molecule has 1 unspecified atom stereocenters. The van der Waals surface area contributed by atoms with E-state index in [-0.39, 0.29) is 17.6 Å². The predicted molar refractivity (Wildman–Crippen MR) is 53.6 cm³/mol. The molecule has 2 aliphatic rings. The van der Waals surface area contributed by atoms with E-state index < -0.39 is 14.8 Å². The molecule has 1 saturated heterocycles. The van der Waals surface area contributed by atoms with Crippen molar-refractivity contribution in [2.24, 2.45) is 17.8 Å². The maximum absolute atomic E-state index is 11.3. The van der Waals surface area contributed by atoms with Crippen LogP contribution in [-0.4, -0.2) is 31.0 Å². The minimum Gasteiger partial charge on any atom is -0.481 e. The molecular weight excluding hydrogens is 224 g/mol. The minimum absolute atomic E-state index is 0.0855. The van der Waals surface area contributed by atoms with Crippen LogP contribution in [0.15, 0.2) is 0 Å². The Labute approximate surface area is 86.4 Å². The molecule has 4 nitrogen and oxygen atoms in total. The van der Waals surface area contributed by atoms with E-state index >= 15 is 0 Å². The van der Waals surface area contributed by atoms with Crippen molar-refractivity contribution in [3.05, 3.63) is 0 Å². The summed E-state index contributed by atoms with van der Waals surface area (Å²) in [5.74, 6) is 0.0378. The highest BCUT2D eigenvalue weighted by Gasteiger charge is 2.43. The van der Waals surface area contributed by atoms with Gasteiger partial charge in [-0.2, -0.15) is 0 Å². The van der Waals surface area contributed by atoms with Gasteiger partial charge in [-0.05, 0) is 35.5 Å². The van der Waals surface area contributed by atoms with E-state index in [0.717, 1.165) is 10.8 Å². The van der Waals surface area contributed by atoms with E-state index in [4.69, 9.17) is 5.11 Å². The Bertz CT molecular complexity index is 348. The molecule has 3 atom stereocenters. The molecular formula is C8H12O4S2. The highest BCUT2D eigenvalue weighted by molar-refractivity contribution is 8.72. The van der Waals surface area contributed by atoms with Gasteiger partial charge in [0, 0.05) is 5.75 Å². The number of aliphatic carboxylic acids is 1. The molecule has 0 aromatic rings. The molecule has 6 heteroatoms. The molecule has 0 spiro atoms. The molecule has 0 radical (unpaired) electrons. The van der Waals surface area contributed by atoms with Crippen LogP contribution in [0, 0.1) is 17.8 Å². The van der Waals surface area contributed by atoms with Crippen LogP contribution in [0.4, 0.5) is 0 Å². The number of fused-ring (bicyclic) bond motifs is 1. The van der Waals surface area contributed by atoms with Gasteiger partial charge in [0.25, 0.3) is 0 Å². The summed E-state index contributed by atoms with van der Waals surface area (Å²) in [6.45, 7) is 0. The second-order valence-corrected chi connectivity index (χ2v) is 8.28. The summed E-state index contributed by atoms with van der Waals surface area (Å²) in [4.78, 5) is 10.8. The lowest BCUT2D eigenvalue weighted by molar-refractivity contribution is -0.141. The van der Waals surface area contributed by atoms with Crippen molar-refractivity contribution >= 4 is 25.6 Å². The monoisotopic (exact) mass is 236 g/mol. The van der Waals surface area contributed by atoms with Gasteiger partial charge in [-0.15, -0.1) is 0 Å². The van der Waals surface area contributed by atoms with E-state index in [1.54, 1.807) is 0 Å². The van der Waals surface area contributed by atoms with Crippen LogP contribution >= 0.6 is 10.8 Å². The topological polar surface area (TPSA) is 71.4 Å². The number of rotatable bonds is 1. The van der Waals surface area contributed by atoms with Crippen molar-refractivity contribution < 1.29 is 18.3 Å². The van der Waals surface area contributed by atoms with Crippen LogP contribution in [0.1, 0.15) is 12.8 Å². The van der Waals surface area contributed by atoms with E-state index in [0.29, 0.717) is 24.5 Å². The summed E-state index contributed by atoms with van der Waals surface area (Å²) in [5.41, 5.74) is 0. The Balaban J connectivity index is 2.09. The first-order valence-corrected chi connectivity index (χ1v) is 7.73. The maximum Gasteiger partial charge on any atom is 0.306 e. The van der Waals surface area contributed by atoms with Crippen LogP contribution in [0.25, 0.3) is 0 Å². The maximum atomic E-state index is 11.3. The summed E-state index contributed by atoms with van der Waals surface area (Å²) >= 11 is 0. The van der Waals surface area contributed by atoms with E-state index in [2.05, 4.69) is 0 Å². The van der Waals surface area contributed by atoms with Gasteiger partial charge in [-0.1, -0.05) is 0 Å². The zero-order valence-corrected chi connectivity index (χ0v) is 9.18. The lowest BCUT2D eigenvalue weighted by Gasteiger charge is -2.23. The van der Waals surface area contributed by atoms with Gasteiger partial charge in [-0.3, -0.25) is 4.79 Å². The smallest absolute Gasteiger partial charge is 0.306 e. The van der Waals surface area contributed by atoms with Crippen LogP contribution < -0.4 is 0 Å². The van der Waals surface area contributed by atoms with Crippen molar-refractivity contribution in [2.45, 2.75) is 12.8 Å². The number of carboxylic acids is 1. The Kier molecular flexibility index (Phi) is 2.51. The zero-order chi connectivity index (χ0) is 10.3. The van der Waals surface area contributed by atoms with E-state index in [9.17, 15) is 13.2 Å². The van der Waals surface area contributed by atoms with Gasteiger partial charge < -0.3 is 5.11 Å². The van der Waals surface area contributed by atoms with Gasteiger partial charge in [0.1, 0.15) is 0 Å². The van der Waals surface area contributed by atoms with Crippen molar-refractivity contribution in [1.29, 1.82) is 0 Å². The molecule has 0 aromatic carbocycles. The van der Waals surface area contributed by atoms with E-state index in [1.165, 1.54) is 0 Å². The van der Waals surface area contributed by atoms with Gasteiger partial charge in [0.2, 0.25) is 8.87 Å². The summed E-state index contributed by atoms with van der Waals surface area (Å²) in [7, 11) is -1.97. The molecule has 14 heavy (non-hydrogen) atoms. The normalized spacial score (nSPS) is 40.4. The molecule has 0 amide bonds. The average molecular weight is 236 g/mol. The third-order valence-corrected chi connectivity index (χ3v) is 6.72. The molecule has 80 valence electrons. The molecule has 2 fully saturated rings. The highest BCUT2D eigenvalue weighted by Crippen LogP contribution is 2.44. The third kappa shape index (κ3) is 1.91. The van der Waals surface area contributed by atoms with Crippen molar-refractivity contribution in [3.63, 3.8) is 0 Å². The number of hydrogen-bond acceptors (Lipinski definition) is 4. The average Bonchev–Trinajstić information content (AvgIpc) is 2.45. The lowest BCUT2D eigenvalue weighted by atomic mass is 10.0. The Morgan fingerprint density at radius 1 is 1.29 bits per heavy atom. The minimum atomic E-state index is -2.96. The summed E-state index contributed by atoms with van der Waals surface area (Å²) in [6.07, 6.45) is 1.20. The Hall–Kier alpha value is -0.230. The fourth-order valence-corrected chi connectivity index (χ4v) is 6.10. The van der Waals surface area contributed by atoms with Gasteiger partial charge >= 0.3 is 5.97 Å². The largest absolute Gasteiger partial charge is 0.481 e. The number of carboxylic acid groups (broad SMARTS) is 1. The summed E-state index contributed by atoms with van der Waals surface area (Å²) in [5, 5.41) is 8.83. The third-order valence-electron chi connectivity index (χ3n) is 3.07. The molecule has 0 bridgehead atoms. The molecule has 1 saturated carbocycles. The number of hydrogen-bond donors (Lipinski definition) is 1. The van der Waals surface area contributed by atoms with Crippen molar-refractivity contribution in [3.8, 4) is 0 Å². The lowest BCUT2D eigenvalue weighted by Crippen LogP contribution is -2.25. The first-order valence-electron chi connectivity index (χ1n) is 4.58. The highest BCUT2D eigenvalue weighted by atomic mass is 33.1. The molecule has 1 N–H and O–H groups in total. The molecule has 0 aromatic heterocycles. The quantitative estimate of drug-likeness (QED) is 0.681. The van der Waals surface area contributed by atoms with Gasteiger partial charge in [0.05, 0.1) is 11.7 Å². The molecule has 1 aliphatic carbocycles. The second kappa shape index (κ2) is 3.41. The van der Waals surface area contributed by atoms with Crippen LogP contribution in [-0.2, 0) is 13.7 Å². The Morgan fingerprint density at radius 2 is 1.93 bits per heavy atom. The van der Waals surface area contributed by atoms with Crippen molar-refractivity contribution in [1.82, 2.24) is 0 Å². The SMILES string of the molecule is O=C(O)C1C[C@H]2CSS(=O)(=O)C[C@@H]2C1. The predicted octanol–water partition coefficient (Wildman–Crippen LogP) is 0.790. The van der Waals surface area contributed by atoms with E-state index in [1.807, 2.05) is 0 Å². The fraction of sp³-hybridized carbons (Fsp3) is 0.875. The first-order chi connectivity index (χ1) is 6.48.